The van der Waals surface area contributed by atoms with Gasteiger partial charge >= 0.3 is 11.9 Å². The number of aryl methyl sites for hydroxylation is 1. The number of ether oxygens (including phenoxy) is 2. The van der Waals surface area contributed by atoms with Crippen LogP contribution in [-0.2, 0) is 35.9 Å². The van der Waals surface area contributed by atoms with Crippen molar-refractivity contribution in [1.82, 2.24) is 0 Å². The SMILES string of the molecule is C=C(/C=C(/COC(C)=O)C(O)=C(C)C)C1(c2cc(C)c(O)c(COC(C)=O)c2)CCC(=O)CC1. The van der Waals surface area contributed by atoms with E-state index in [1.54, 1.807) is 32.9 Å². The van der Waals surface area contributed by atoms with Crippen LogP contribution in [0.15, 0.2) is 47.3 Å². The second kappa shape index (κ2) is 11.2. The Kier molecular flexibility index (Phi) is 8.85. The molecule has 0 bridgehead atoms. The number of hydrogen-bond donors (Lipinski definition) is 2. The van der Waals surface area contributed by atoms with Crippen molar-refractivity contribution in [2.24, 2.45) is 0 Å². The second-order valence-corrected chi connectivity index (χ2v) is 9.03. The molecule has 34 heavy (non-hydrogen) atoms. The maximum atomic E-state index is 12.1. The average molecular weight is 471 g/mol. The summed E-state index contributed by atoms with van der Waals surface area (Å²) in [5.74, 6) is -0.705. The van der Waals surface area contributed by atoms with Gasteiger partial charge in [-0.15, -0.1) is 0 Å². The van der Waals surface area contributed by atoms with E-state index in [2.05, 4.69) is 6.58 Å². The van der Waals surface area contributed by atoms with Gasteiger partial charge in [0.15, 0.2) is 0 Å². The number of allylic oxidation sites excluding steroid dienone is 3. The van der Waals surface area contributed by atoms with Crippen LogP contribution < -0.4 is 0 Å². The Hall–Kier alpha value is -3.35. The molecule has 0 aliphatic heterocycles. The number of benzene rings is 1. The molecule has 7 nitrogen and oxygen atoms in total. The van der Waals surface area contributed by atoms with Crippen LogP contribution in [0.4, 0.5) is 0 Å². The van der Waals surface area contributed by atoms with Crippen LogP contribution in [0.2, 0.25) is 0 Å². The van der Waals surface area contributed by atoms with E-state index in [0.29, 0.717) is 53.5 Å². The van der Waals surface area contributed by atoms with E-state index in [9.17, 15) is 24.6 Å². The van der Waals surface area contributed by atoms with Crippen molar-refractivity contribution >= 4 is 17.7 Å². The first-order valence-electron chi connectivity index (χ1n) is 11.3. The standard InChI is InChI=1S/C27H34O7/c1-16(2)25(31)21(14-33-19(5)28)12-18(4)27(9-7-24(30)8-10-27)23-11-17(3)26(32)22(13-23)15-34-20(6)29/h11-13,31-32H,4,7-10,14-15H2,1-3,5-6H3/b21-12-. The molecular formula is C27H34O7. The fourth-order valence-electron chi connectivity index (χ4n) is 4.20. The molecule has 7 heteroatoms. The lowest BCUT2D eigenvalue weighted by atomic mass is 9.64. The van der Waals surface area contributed by atoms with E-state index in [0.717, 1.165) is 5.56 Å². The molecule has 0 aromatic heterocycles. The predicted octanol–water partition coefficient (Wildman–Crippen LogP) is 5.04. The molecule has 2 rings (SSSR count). The Morgan fingerprint density at radius 3 is 2.21 bits per heavy atom. The molecule has 1 aliphatic rings. The second-order valence-electron chi connectivity index (χ2n) is 9.03. The number of aliphatic hydroxyl groups excluding tert-OH is 1. The third-order valence-corrected chi connectivity index (χ3v) is 6.20. The van der Waals surface area contributed by atoms with Crippen molar-refractivity contribution in [3.05, 3.63) is 64.0 Å². The Labute approximate surface area is 200 Å². The minimum Gasteiger partial charge on any atom is -0.508 e. The van der Waals surface area contributed by atoms with Crippen LogP contribution in [0, 0.1) is 6.92 Å². The summed E-state index contributed by atoms with van der Waals surface area (Å²) < 4.78 is 10.3. The van der Waals surface area contributed by atoms with Crippen LogP contribution in [-0.4, -0.2) is 34.5 Å². The molecule has 1 saturated carbocycles. The quantitative estimate of drug-likeness (QED) is 0.311. The van der Waals surface area contributed by atoms with E-state index in [1.165, 1.54) is 13.8 Å². The molecule has 0 saturated heterocycles. The first-order valence-corrected chi connectivity index (χ1v) is 11.3. The molecule has 0 atom stereocenters. The summed E-state index contributed by atoms with van der Waals surface area (Å²) in [5.41, 5.74) is 2.97. The maximum Gasteiger partial charge on any atom is 0.302 e. The van der Waals surface area contributed by atoms with Gasteiger partial charge in [-0.3, -0.25) is 14.4 Å². The maximum absolute atomic E-state index is 12.1. The van der Waals surface area contributed by atoms with E-state index >= 15 is 0 Å². The Morgan fingerprint density at radius 2 is 1.68 bits per heavy atom. The van der Waals surface area contributed by atoms with Crippen molar-refractivity contribution < 1.29 is 34.1 Å². The normalized spacial score (nSPS) is 15.4. The lowest BCUT2D eigenvalue weighted by Gasteiger charge is -2.39. The predicted molar refractivity (Wildman–Crippen MR) is 128 cm³/mol. The van der Waals surface area contributed by atoms with Gasteiger partial charge in [-0.1, -0.05) is 12.6 Å². The smallest absolute Gasteiger partial charge is 0.302 e. The molecule has 2 N–H and O–H groups in total. The summed E-state index contributed by atoms with van der Waals surface area (Å²) in [6.45, 7) is 12.0. The zero-order valence-electron chi connectivity index (χ0n) is 20.6. The Morgan fingerprint density at radius 1 is 1.09 bits per heavy atom. The highest BCUT2D eigenvalue weighted by molar-refractivity contribution is 5.80. The summed E-state index contributed by atoms with van der Waals surface area (Å²) >= 11 is 0. The van der Waals surface area contributed by atoms with Gasteiger partial charge in [-0.05, 0) is 68.0 Å². The molecule has 1 aromatic carbocycles. The van der Waals surface area contributed by atoms with Gasteiger partial charge in [0, 0.05) is 43.2 Å². The number of aromatic hydroxyl groups is 1. The van der Waals surface area contributed by atoms with Gasteiger partial charge < -0.3 is 19.7 Å². The number of Topliss-reactive ketones (excluding diaryl/α,β-unsaturated/α-hetero) is 1. The zero-order chi connectivity index (χ0) is 25.6. The lowest BCUT2D eigenvalue weighted by molar-refractivity contribution is -0.142. The van der Waals surface area contributed by atoms with E-state index in [4.69, 9.17) is 9.47 Å². The summed E-state index contributed by atoms with van der Waals surface area (Å²) in [6, 6.07) is 3.64. The monoisotopic (exact) mass is 470 g/mol. The number of esters is 2. The zero-order valence-corrected chi connectivity index (χ0v) is 20.6. The van der Waals surface area contributed by atoms with Crippen LogP contribution in [0.5, 0.6) is 5.75 Å². The molecule has 184 valence electrons. The third-order valence-electron chi connectivity index (χ3n) is 6.20. The summed E-state index contributed by atoms with van der Waals surface area (Å²) in [4.78, 5) is 34.8. The number of carbonyl (C=O) groups is 3. The molecule has 1 fully saturated rings. The van der Waals surface area contributed by atoms with Crippen LogP contribution in [0.3, 0.4) is 0 Å². The van der Waals surface area contributed by atoms with Gasteiger partial charge in [0.25, 0.3) is 0 Å². The molecular weight excluding hydrogens is 436 g/mol. The number of rotatable bonds is 8. The minimum absolute atomic E-state index is 0.0156. The molecule has 0 amide bonds. The molecule has 0 unspecified atom stereocenters. The summed E-state index contributed by atoms with van der Waals surface area (Å²) in [6.07, 6.45) is 3.43. The largest absolute Gasteiger partial charge is 0.508 e. The lowest BCUT2D eigenvalue weighted by Crippen LogP contribution is -2.34. The van der Waals surface area contributed by atoms with Crippen LogP contribution >= 0.6 is 0 Å². The van der Waals surface area contributed by atoms with E-state index in [-0.39, 0.29) is 30.5 Å². The number of aliphatic hydroxyl groups is 1. The van der Waals surface area contributed by atoms with Crippen molar-refractivity contribution in [3.63, 3.8) is 0 Å². The molecule has 1 aromatic rings. The average Bonchev–Trinajstić information content (AvgIpc) is 2.77. The number of carbonyl (C=O) groups excluding carboxylic acids is 3. The summed E-state index contributed by atoms with van der Waals surface area (Å²) in [7, 11) is 0. The van der Waals surface area contributed by atoms with Gasteiger partial charge in [0.05, 0.1) is 0 Å². The number of hydrogen-bond acceptors (Lipinski definition) is 7. The topological polar surface area (TPSA) is 110 Å². The van der Waals surface area contributed by atoms with Gasteiger partial charge in [0.1, 0.15) is 30.5 Å². The molecule has 1 aliphatic carbocycles. The van der Waals surface area contributed by atoms with Gasteiger partial charge in [0.2, 0.25) is 0 Å². The molecule has 0 spiro atoms. The van der Waals surface area contributed by atoms with Crippen LogP contribution in [0.25, 0.3) is 0 Å². The van der Waals surface area contributed by atoms with Crippen molar-refractivity contribution in [2.75, 3.05) is 6.61 Å². The third kappa shape index (κ3) is 6.37. The van der Waals surface area contributed by atoms with E-state index in [1.807, 2.05) is 6.07 Å². The van der Waals surface area contributed by atoms with E-state index < -0.39 is 17.4 Å². The Balaban J connectivity index is 2.62. The van der Waals surface area contributed by atoms with Crippen molar-refractivity contribution in [1.29, 1.82) is 0 Å². The fourth-order valence-corrected chi connectivity index (χ4v) is 4.20. The minimum atomic E-state index is -0.652. The van der Waals surface area contributed by atoms with Crippen molar-refractivity contribution in [2.45, 2.75) is 72.3 Å². The van der Waals surface area contributed by atoms with Gasteiger partial charge in [-0.2, -0.15) is 0 Å². The number of phenolic OH excluding ortho intramolecular Hbond substituents is 1. The number of ketones is 1. The first-order chi connectivity index (χ1) is 15.9. The fraction of sp³-hybridized carbons (Fsp3) is 0.444. The highest BCUT2D eigenvalue weighted by atomic mass is 16.5. The van der Waals surface area contributed by atoms with Crippen molar-refractivity contribution in [3.8, 4) is 5.75 Å². The Bertz CT molecular complexity index is 1040. The van der Waals surface area contributed by atoms with Crippen LogP contribution in [0.1, 0.15) is 70.1 Å². The first kappa shape index (κ1) is 26.9. The molecule has 0 heterocycles. The van der Waals surface area contributed by atoms with Gasteiger partial charge in [-0.25, -0.2) is 0 Å². The highest BCUT2D eigenvalue weighted by Crippen LogP contribution is 2.46. The summed E-state index contributed by atoms with van der Waals surface area (Å²) in [5, 5.41) is 21.2. The highest BCUT2D eigenvalue weighted by Gasteiger charge is 2.39. The number of phenols is 1. The molecule has 0 radical (unpaired) electrons.